The Labute approximate surface area is 410 Å². The maximum absolute atomic E-state index is 14.6. The zero-order valence-electron chi connectivity index (χ0n) is 42.9. The van der Waals surface area contributed by atoms with Crippen LogP contribution in [0, 0.1) is 11.8 Å². The number of hydrogen-bond donors (Lipinski definition) is 7. The van der Waals surface area contributed by atoms with Crippen molar-refractivity contribution in [2.45, 2.75) is 182 Å². The van der Waals surface area contributed by atoms with E-state index in [0.29, 0.717) is 6.42 Å². The van der Waals surface area contributed by atoms with Crippen molar-refractivity contribution in [1.82, 2.24) is 42.1 Å². The number of carbonyl (C=O) groups is 12. The summed E-state index contributed by atoms with van der Waals surface area (Å²) in [6, 6.07) is -11.7. The van der Waals surface area contributed by atoms with Crippen LogP contribution in [-0.2, 0) is 67.0 Å². The summed E-state index contributed by atoms with van der Waals surface area (Å²) >= 11 is 0. The zero-order valence-corrected chi connectivity index (χ0v) is 42.9. The summed E-state index contributed by atoms with van der Waals surface area (Å²) in [6.45, 7) is 23.1. The van der Waals surface area contributed by atoms with Crippen LogP contribution in [0.25, 0.3) is 0 Å². The van der Waals surface area contributed by atoms with Gasteiger partial charge >= 0.3 is 23.9 Å². The predicted octanol–water partition coefficient (Wildman–Crippen LogP) is 0.552. The van der Waals surface area contributed by atoms with Crippen LogP contribution in [0.5, 0.6) is 0 Å². The fraction of sp³-hybridized carbons (Fsp3) is 0.702. The minimum atomic E-state index is -1.80. The van der Waals surface area contributed by atoms with Crippen LogP contribution in [0.15, 0.2) is 12.7 Å². The van der Waals surface area contributed by atoms with Gasteiger partial charge in [-0.2, -0.15) is 0 Å². The Morgan fingerprint density at radius 1 is 0.686 bits per heavy atom. The van der Waals surface area contributed by atoms with E-state index >= 15 is 0 Å². The third-order valence-corrected chi connectivity index (χ3v) is 10.2. The molecule has 7 N–H and O–H groups in total. The van der Waals surface area contributed by atoms with Gasteiger partial charge in [0.1, 0.15) is 48.0 Å². The second-order valence-electron chi connectivity index (χ2n) is 19.4. The molecule has 23 heteroatoms. The fourth-order valence-electron chi connectivity index (χ4n) is 7.02. The van der Waals surface area contributed by atoms with E-state index in [1.54, 1.807) is 76.2 Å². The summed E-state index contributed by atoms with van der Waals surface area (Å²) in [5.74, 6) is -11.1. The Kier molecular flexibility index (Phi) is 24.9. The minimum absolute atomic E-state index is 0.0147. The highest BCUT2D eigenvalue weighted by Crippen LogP contribution is 2.21. The molecule has 0 aliphatic carbocycles. The molecule has 0 radical (unpaired) electrons. The quantitative estimate of drug-likeness (QED) is 0.0244. The lowest BCUT2D eigenvalue weighted by molar-refractivity contribution is -0.156. The molecule has 23 nitrogen and oxygen atoms in total. The third-order valence-electron chi connectivity index (χ3n) is 10.2. The SMILES string of the molecule is C=CCNC(=O)C(=O)C(CCC)NC(=O)[C@H]1C(C(=O)[C@@H](NC(=O)[C@@H](NC(=O)[C@H](CCC(=O)OC(C)(C)C)NC(=O)[C@H](CCC(=O)OC(C)(C)C)NC(C)=O)C(C)C)C(C)C)NC(=O)N1CC(=O)OCC. The van der Waals surface area contributed by atoms with Crippen molar-refractivity contribution in [2.24, 2.45) is 11.8 Å². The molecule has 1 fully saturated rings. The van der Waals surface area contributed by atoms with Crippen LogP contribution in [-0.4, -0.2) is 149 Å². The number of hydrogen-bond acceptors (Lipinski definition) is 15. The predicted molar refractivity (Wildman–Crippen MR) is 253 cm³/mol. The molecule has 8 amide bonds. The van der Waals surface area contributed by atoms with Crippen molar-refractivity contribution in [3.8, 4) is 0 Å². The Morgan fingerprint density at radius 3 is 1.64 bits per heavy atom. The van der Waals surface area contributed by atoms with Gasteiger partial charge in [0, 0.05) is 26.3 Å². The maximum atomic E-state index is 14.6. The van der Waals surface area contributed by atoms with E-state index in [1.807, 2.05) is 0 Å². The van der Waals surface area contributed by atoms with Gasteiger partial charge in [0.2, 0.25) is 35.3 Å². The first-order chi connectivity index (χ1) is 32.4. The summed E-state index contributed by atoms with van der Waals surface area (Å²) < 4.78 is 15.7. The number of nitrogens with one attached hydrogen (secondary N) is 7. The second kappa shape index (κ2) is 28.3. The van der Waals surface area contributed by atoms with Crippen molar-refractivity contribution in [3.05, 3.63) is 12.7 Å². The van der Waals surface area contributed by atoms with Gasteiger partial charge in [-0.05, 0) is 79.6 Å². The van der Waals surface area contributed by atoms with E-state index < -0.39 is 143 Å². The standard InChI is InChI=1S/C47H76N8O15/c1-15-18-28(38(60)44(66)48-23-16-2)50-43(65)37-36(54-45(67)55(37)24-33(59)68-17-3)39(61)34(25(4)5)52-42(64)35(26(6)7)53-41(63)30(20-22-32(58)70-47(12,13)14)51-40(62)29(49-27(8)56)19-21-31(57)69-46(9,10)11/h16,25-26,28-30,34-37H,2,15,17-24H2,1,3-14H3,(H,48,66)(H,49,56)(H,50,65)(H,51,62)(H,52,64)(H,53,63)(H,54,67)/t28?,29-,30-,34-,35-,36?,37+/m0/s1. The lowest BCUT2D eigenvalue weighted by atomic mass is 9.90. The molecule has 0 saturated carbocycles. The topological polar surface area (TPSA) is 320 Å². The smallest absolute Gasteiger partial charge is 0.325 e. The Balaban J connectivity index is 3.62. The molecule has 0 aromatic rings. The van der Waals surface area contributed by atoms with Crippen molar-refractivity contribution >= 4 is 70.9 Å². The Morgan fingerprint density at radius 2 is 1.19 bits per heavy atom. The number of Topliss-reactive ketones (excluding diaryl/α,β-unsaturated/α-hetero) is 2. The van der Waals surface area contributed by atoms with E-state index in [9.17, 15) is 57.5 Å². The average Bonchev–Trinajstić information content (AvgIpc) is 3.56. The van der Waals surface area contributed by atoms with Crippen molar-refractivity contribution < 1.29 is 71.7 Å². The summed E-state index contributed by atoms with van der Waals surface area (Å²) in [5.41, 5.74) is -1.73. The molecule has 2 unspecified atom stereocenters. The molecule has 0 aromatic heterocycles. The summed E-state index contributed by atoms with van der Waals surface area (Å²) in [7, 11) is 0. The maximum Gasteiger partial charge on any atom is 0.325 e. The number of amides is 8. The first kappa shape index (κ1) is 61.6. The highest BCUT2D eigenvalue weighted by Gasteiger charge is 2.51. The summed E-state index contributed by atoms with van der Waals surface area (Å²) in [5, 5.41) is 17.4. The van der Waals surface area contributed by atoms with Crippen LogP contribution < -0.4 is 37.2 Å². The second-order valence-corrected chi connectivity index (χ2v) is 19.4. The van der Waals surface area contributed by atoms with Crippen LogP contribution in [0.1, 0.15) is 129 Å². The number of nitrogens with zero attached hydrogens (tertiary/aromatic N) is 1. The minimum Gasteiger partial charge on any atom is -0.465 e. The molecule has 1 aliphatic rings. The average molecular weight is 993 g/mol. The summed E-state index contributed by atoms with van der Waals surface area (Å²) in [6.07, 6.45) is 0.409. The highest BCUT2D eigenvalue weighted by molar-refractivity contribution is 6.38. The first-order valence-electron chi connectivity index (χ1n) is 23.5. The number of esters is 3. The number of carbonyl (C=O) groups excluding carboxylic acids is 12. The van der Waals surface area contributed by atoms with Gasteiger partial charge in [0.15, 0.2) is 5.78 Å². The van der Waals surface area contributed by atoms with E-state index in [2.05, 4.69) is 43.8 Å². The van der Waals surface area contributed by atoms with Gasteiger partial charge in [-0.15, -0.1) is 6.58 Å². The lowest BCUT2D eigenvalue weighted by Gasteiger charge is -2.31. The van der Waals surface area contributed by atoms with Crippen LogP contribution in [0.3, 0.4) is 0 Å². The van der Waals surface area contributed by atoms with Gasteiger partial charge < -0.3 is 51.4 Å². The molecular formula is C47H76N8O15. The van der Waals surface area contributed by atoms with Crippen LogP contribution in [0.4, 0.5) is 4.79 Å². The van der Waals surface area contributed by atoms with E-state index in [1.165, 1.54) is 13.0 Å². The monoisotopic (exact) mass is 993 g/mol. The number of rotatable bonds is 28. The molecule has 7 atom stereocenters. The molecule has 1 rings (SSSR count). The van der Waals surface area contributed by atoms with E-state index in [4.69, 9.17) is 14.2 Å². The number of urea groups is 1. The van der Waals surface area contributed by atoms with Crippen LogP contribution >= 0.6 is 0 Å². The largest absolute Gasteiger partial charge is 0.465 e. The molecule has 394 valence electrons. The van der Waals surface area contributed by atoms with Crippen LogP contribution in [0.2, 0.25) is 0 Å². The third kappa shape index (κ3) is 21.1. The van der Waals surface area contributed by atoms with Crippen molar-refractivity contribution in [2.75, 3.05) is 19.7 Å². The van der Waals surface area contributed by atoms with Gasteiger partial charge in [-0.1, -0.05) is 47.1 Å². The normalized spacial score (nSPS) is 16.8. The van der Waals surface area contributed by atoms with Crippen molar-refractivity contribution in [3.63, 3.8) is 0 Å². The zero-order chi connectivity index (χ0) is 53.8. The van der Waals surface area contributed by atoms with Gasteiger partial charge in [-0.25, -0.2) is 4.79 Å². The lowest BCUT2D eigenvalue weighted by Crippen LogP contribution is -2.62. The molecule has 1 heterocycles. The van der Waals surface area contributed by atoms with Gasteiger partial charge in [-0.3, -0.25) is 57.6 Å². The molecule has 0 aromatic carbocycles. The first-order valence-corrected chi connectivity index (χ1v) is 23.5. The fourth-order valence-corrected chi connectivity index (χ4v) is 7.02. The van der Waals surface area contributed by atoms with Crippen molar-refractivity contribution in [1.29, 1.82) is 0 Å². The molecular weight excluding hydrogens is 917 g/mol. The van der Waals surface area contributed by atoms with Gasteiger partial charge in [0.05, 0.1) is 18.7 Å². The van der Waals surface area contributed by atoms with E-state index in [-0.39, 0.29) is 45.3 Å². The molecule has 0 spiro atoms. The van der Waals surface area contributed by atoms with Gasteiger partial charge in [0.25, 0.3) is 5.91 Å². The summed E-state index contributed by atoms with van der Waals surface area (Å²) in [4.78, 5) is 161. The molecule has 1 aliphatic heterocycles. The molecule has 0 bridgehead atoms. The molecule has 1 saturated heterocycles. The highest BCUT2D eigenvalue weighted by atomic mass is 16.6. The Hall–Kier alpha value is -6.42. The number of ketones is 2. The van der Waals surface area contributed by atoms with E-state index in [0.717, 1.165) is 11.8 Å². The molecule has 70 heavy (non-hydrogen) atoms. The number of ether oxygens (including phenoxy) is 3. The Bertz CT molecular complexity index is 1940.